The van der Waals surface area contributed by atoms with E-state index in [9.17, 15) is 4.39 Å². The predicted molar refractivity (Wildman–Crippen MR) is 68.9 cm³/mol. The van der Waals surface area contributed by atoms with Gasteiger partial charge in [-0.25, -0.2) is 4.39 Å². The molecule has 2 N–H and O–H groups in total. The monoisotopic (exact) mass is 250 g/mol. The number of aromatic nitrogens is 1. The van der Waals surface area contributed by atoms with Gasteiger partial charge in [0.05, 0.1) is 12.6 Å². The summed E-state index contributed by atoms with van der Waals surface area (Å²) in [5, 5.41) is 0.570. The number of nitrogens with zero attached hydrogens (tertiary/aromatic N) is 1. The molecule has 88 valence electrons. The Bertz CT molecular complexity index is 613. The van der Waals surface area contributed by atoms with Crippen LogP contribution in [-0.2, 0) is 0 Å². The predicted octanol–water partition coefficient (Wildman–Crippen LogP) is 2.33. The summed E-state index contributed by atoms with van der Waals surface area (Å²) in [5.74, 6) is 0.147. The number of aryl methyl sites for hydroxylation is 1. The minimum absolute atomic E-state index is 0.120. The van der Waals surface area contributed by atoms with Crippen LogP contribution in [0, 0.1) is 12.7 Å². The van der Waals surface area contributed by atoms with Gasteiger partial charge in [0.15, 0.2) is 0 Å². The fourth-order valence-corrected chi connectivity index (χ4v) is 1.90. The highest BCUT2D eigenvalue weighted by Crippen LogP contribution is 2.28. The van der Waals surface area contributed by atoms with E-state index in [4.69, 9.17) is 22.7 Å². The molecule has 1 heterocycles. The van der Waals surface area contributed by atoms with Crippen LogP contribution in [0.15, 0.2) is 18.2 Å². The molecule has 0 radical (unpaired) electrons. The number of pyridine rings is 1. The molecule has 17 heavy (non-hydrogen) atoms. The molecule has 1 aromatic carbocycles. The summed E-state index contributed by atoms with van der Waals surface area (Å²) >= 11 is 4.90. The molecular weight excluding hydrogens is 239 g/mol. The topological polar surface area (TPSA) is 48.1 Å². The molecule has 1 aromatic heterocycles. The zero-order chi connectivity index (χ0) is 12.6. The van der Waals surface area contributed by atoms with Crippen LogP contribution in [0.5, 0.6) is 5.75 Å². The molecule has 0 amide bonds. The van der Waals surface area contributed by atoms with Gasteiger partial charge in [0.1, 0.15) is 16.6 Å². The smallest absolute Gasteiger partial charge is 0.130 e. The van der Waals surface area contributed by atoms with Crippen molar-refractivity contribution in [2.24, 2.45) is 5.73 Å². The third kappa shape index (κ3) is 2.06. The van der Waals surface area contributed by atoms with Gasteiger partial charge in [-0.15, -0.1) is 0 Å². The van der Waals surface area contributed by atoms with E-state index in [1.165, 1.54) is 19.2 Å². The standard InChI is InChI=1S/C12H11FN2OS/c1-6-3-10(16-2)8-4-7(13)5-9(12(14)17)11(8)15-6/h3-5H,1-2H3,(H2,14,17). The molecule has 0 aliphatic carbocycles. The Morgan fingerprint density at radius 2 is 2.12 bits per heavy atom. The normalized spacial score (nSPS) is 10.5. The van der Waals surface area contributed by atoms with Crippen LogP contribution in [0.25, 0.3) is 10.9 Å². The van der Waals surface area contributed by atoms with Crippen molar-refractivity contribution in [3.63, 3.8) is 0 Å². The Kier molecular flexibility index (Phi) is 2.93. The zero-order valence-electron chi connectivity index (χ0n) is 9.45. The Morgan fingerprint density at radius 1 is 1.41 bits per heavy atom. The Balaban J connectivity index is 2.93. The van der Waals surface area contributed by atoms with Gasteiger partial charge in [-0.1, -0.05) is 12.2 Å². The number of fused-ring (bicyclic) bond motifs is 1. The molecule has 0 saturated carbocycles. The van der Waals surface area contributed by atoms with Crippen molar-refractivity contribution in [3.05, 3.63) is 35.3 Å². The SMILES string of the molecule is COc1cc(C)nc2c(C(N)=S)cc(F)cc12. The maximum Gasteiger partial charge on any atom is 0.130 e. The molecule has 0 atom stereocenters. The fourth-order valence-electron chi connectivity index (χ4n) is 1.74. The Hall–Kier alpha value is -1.75. The summed E-state index contributed by atoms with van der Waals surface area (Å²) in [4.78, 5) is 4.45. The van der Waals surface area contributed by atoms with Gasteiger partial charge in [0, 0.05) is 22.7 Å². The maximum absolute atomic E-state index is 13.5. The molecule has 3 nitrogen and oxygen atoms in total. The number of benzene rings is 1. The minimum atomic E-state index is -0.413. The lowest BCUT2D eigenvalue weighted by Gasteiger charge is -2.10. The quantitative estimate of drug-likeness (QED) is 0.831. The number of methoxy groups -OCH3 is 1. The Morgan fingerprint density at radius 3 is 2.71 bits per heavy atom. The number of halogens is 1. The lowest BCUT2D eigenvalue weighted by Crippen LogP contribution is -2.11. The van der Waals surface area contributed by atoms with Crippen molar-refractivity contribution in [1.82, 2.24) is 4.98 Å². The highest BCUT2D eigenvalue weighted by molar-refractivity contribution is 7.80. The minimum Gasteiger partial charge on any atom is -0.496 e. The molecule has 0 aliphatic rings. The second kappa shape index (κ2) is 4.25. The van der Waals surface area contributed by atoms with E-state index >= 15 is 0 Å². The average Bonchev–Trinajstić information content (AvgIpc) is 2.27. The number of ether oxygens (including phenoxy) is 1. The summed E-state index contributed by atoms with van der Waals surface area (Å²) in [7, 11) is 1.53. The summed E-state index contributed by atoms with van der Waals surface area (Å²) in [6.07, 6.45) is 0. The van der Waals surface area contributed by atoms with Crippen LogP contribution >= 0.6 is 12.2 Å². The molecule has 0 unspecified atom stereocenters. The zero-order valence-corrected chi connectivity index (χ0v) is 10.3. The largest absolute Gasteiger partial charge is 0.496 e. The van der Waals surface area contributed by atoms with Crippen LogP contribution < -0.4 is 10.5 Å². The van der Waals surface area contributed by atoms with E-state index in [2.05, 4.69) is 4.98 Å². The third-order valence-corrected chi connectivity index (χ3v) is 2.67. The highest BCUT2D eigenvalue weighted by atomic mass is 32.1. The second-order valence-corrected chi connectivity index (χ2v) is 4.12. The molecule has 0 bridgehead atoms. The summed E-state index contributed by atoms with van der Waals surface area (Å²) in [6, 6.07) is 4.39. The lowest BCUT2D eigenvalue weighted by atomic mass is 10.1. The van der Waals surface area contributed by atoms with Crippen LogP contribution in [-0.4, -0.2) is 17.1 Å². The molecule has 2 rings (SSSR count). The molecule has 0 saturated heterocycles. The third-order valence-electron chi connectivity index (χ3n) is 2.45. The van der Waals surface area contributed by atoms with Gasteiger partial charge in [-0.2, -0.15) is 0 Å². The van der Waals surface area contributed by atoms with E-state index in [0.717, 1.165) is 5.69 Å². The summed E-state index contributed by atoms with van der Waals surface area (Å²) < 4.78 is 18.7. The van der Waals surface area contributed by atoms with Crippen molar-refractivity contribution < 1.29 is 9.13 Å². The van der Waals surface area contributed by atoms with E-state index in [-0.39, 0.29) is 4.99 Å². The van der Waals surface area contributed by atoms with Crippen molar-refractivity contribution >= 4 is 28.1 Å². The van der Waals surface area contributed by atoms with E-state index < -0.39 is 5.82 Å². The first-order valence-corrected chi connectivity index (χ1v) is 5.38. The van der Waals surface area contributed by atoms with Crippen molar-refractivity contribution in [2.45, 2.75) is 6.92 Å². The number of hydrogen-bond donors (Lipinski definition) is 1. The van der Waals surface area contributed by atoms with Gasteiger partial charge in [0.25, 0.3) is 0 Å². The van der Waals surface area contributed by atoms with E-state index in [0.29, 0.717) is 22.2 Å². The van der Waals surface area contributed by atoms with Crippen molar-refractivity contribution in [2.75, 3.05) is 7.11 Å². The van der Waals surface area contributed by atoms with E-state index in [1.807, 2.05) is 6.92 Å². The van der Waals surface area contributed by atoms with Gasteiger partial charge >= 0.3 is 0 Å². The second-order valence-electron chi connectivity index (χ2n) is 3.68. The number of nitrogens with two attached hydrogens (primary N) is 1. The highest BCUT2D eigenvalue weighted by Gasteiger charge is 2.12. The molecule has 0 spiro atoms. The van der Waals surface area contributed by atoms with Crippen LogP contribution in [0.1, 0.15) is 11.3 Å². The summed E-state index contributed by atoms with van der Waals surface area (Å²) in [5.41, 5.74) is 7.33. The Labute approximate surface area is 103 Å². The molecule has 0 aliphatic heterocycles. The first-order valence-electron chi connectivity index (χ1n) is 4.97. The van der Waals surface area contributed by atoms with Gasteiger partial charge in [-0.05, 0) is 19.1 Å². The summed E-state index contributed by atoms with van der Waals surface area (Å²) in [6.45, 7) is 1.83. The van der Waals surface area contributed by atoms with E-state index in [1.54, 1.807) is 6.07 Å². The van der Waals surface area contributed by atoms with Gasteiger partial charge < -0.3 is 10.5 Å². The first kappa shape index (κ1) is 11.7. The number of thiocarbonyl (C=S) groups is 1. The van der Waals surface area contributed by atoms with Gasteiger partial charge in [0.2, 0.25) is 0 Å². The average molecular weight is 250 g/mol. The molecule has 0 fully saturated rings. The van der Waals surface area contributed by atoms with Crippen LogP contribution in [0.2, 0.25) is 0 Å². The molecule has 5 heteroatoms. The van der Waals surface area contributed by atoms with Crippen LogP contribution in [0.3, 0.4) is 0 Å². The maximum atomic E-state index is 13.5. The van der Waals surface area contributed by atoms with Gasteiger partial charge in [-0.3, -0.25) is 4.98 Å². The van der Waals surface area contributed by atoms with Crippen molar-refractivity contribution in [1.29, 1.82) is 0 Å². The first-order chi connectivity index (χ1) is 8.02. The fraction of sp³-hybridized carbons (Fsp3) is 0.167. The molecular formula is C12H11FN2OS. The van der Waals surface area contributed by atoms with Crippen LogP contribution in [0.4, 0.5) is 4.39 Å². The number of hydrogen-bond acceptors (Lipinski definition) is 3. The lowest BCUT2D eigenvalue weighted by molar-refractivity contribution is 0.419. The van der Waals surface area contributed by atoms with Crippen molar-refractivity contribution in [3.8, 4) is 5.75 Å². The number of rotatable bonds is 2. The molecule has 2 aromatic rings.